The Balaban J connectivity index is 2.15. The van der Waals surface area contributed by atoms with Crippen molar-refractivity contribution < 1.29 is 24.0 Å². The van der Waals surface area contributed by atoms with E-state index in [1.165, 1.54) is 5.38 Å². The number of aromatic carboxylic acids is 1. The van der Waals surface area contributed by atoms with Crippen molar-refractivity contribution in [2.24, 2.45) is 0 Å². The summed E-state index contributed by atoms with van der Waals surface area (Å²) >= 11 is 0.908. The average Bonchev–Trinajstić information content (AvgIpc) is 2.85. The third-order valence-electron chi connectivity index (χ3n) is 2.23. The average molecular weight is 298 g/mol. The number of carbonyl (C=O) groups is 1. The summed E-state index contributed by atoms with van der Waals surface area (Å²) in [6.45, 7) is -0.186. The molecule has 1 aromatic carbocycles. The fourth-order valence-corrected chi connectivity index (χ4v) is 2.02. The molecule has 0 spiro atoms. The number of rotatable bonds is 5. The van der Waals surface area contributed by atoms with Gasteiger partial charge in [0, 0.05) is 17.5 Å². The predicted molar refractivity (Wildman–Crippen MR) is 66.5 cm³/mol. The van der Waals surface area contributed by atoms with E-state index in [0.29, 0.717) is 5.69 Å². The predicted octanol–water partition coefficient (Wildman–Crippen LogP) is 2.47. The van der Waals surface area contributed by atoms with E-state index in [1.807, 2.05) is 0 Å². The molecule has 1 heterocycles. The number of carboxylic acid groups (broad SMARTS) is 1. The fraction of sp³-hybridized carbons (Fsp3) is 0.0909. The third-order valence-corrected chi connectivity index (χ3v) is 3.11. The SMILES string of the molecule is O=C(O)c1nc(COc2cc(F)ccc2[N+](=O)[O-])cs1. The molecule has 104 valence electrons. The van der Waals surface area contributed by atoms with Gasteiger partial charge in [0.2, 0.25) is 5.01 Å². The summed E-state index contributed by atoms with van der Waals surface area (Å²) in [5, 5.41) is 20.8. The van der Waals surface area contributed by atoms with Crippen molar-refractivity contribution in [1.29, 1.82) is 0 Å². The molecular formula is C11H7FN2O5S. The van der Waals surface area contributed by atoms with Crippen LogP contribution in [0.1, 0.15) is 15.5 Å². The number of ether oxygens (including phenoxy) is 1. The lowest BCUT2D eigenvalue weighted by Gasteiger charge is -2.04. The molecule has 0 unspecified atom stereocenters. The molecule has 0 saturated heterocycles. The van der Waals surface area contributed by atoms with Crippen LogP contribution in [0.5, 0.6) is 5.75 Å². The summed E-state index contributed by atoms with van der Waals surface area (Å²) in [4.78, 5) is 24.5. The molecule has 1 aromatic heterocycles. The highest BCUT2D eigenvalue weighted by atomic mass is 32.1. The molecule has 0 aliphatic rings. The molecule has 0 saturated carbocycles. The van der Waals surface area contributed by atoms with Gasteiger partial charge in [0.05, 0.1) is 10.6 Å². The van der Waals surface area contributed by atoms with Gasteiger partial charge in [-0.05, 0) is 6.07 Å². The fourth-order valence-electron chi connectivity index (χ4n) is 1.38. The van der Waals surface area contributed by atoms with Crippen molar-refractivity contribution in [3.05, 3.63) is 50.2 Å². The molecule has 9 heteroatoms. The highest BCUT2D eigenvalue weighted by Crippen LogP contribution is 2.28. The van der Waals surface area contributed by atoms with Gasteiger partial charge in [-0.1, -0.05) is 0 Å². The van der Waals surface area contributed by atoms with Gasteiger partial charge in [-0.25, -0.2) is 14.2 Å². The minimum atomic E-state index is -1.17. The molecule has 0 aliphatic heterocycles. The van der Waals surface area contributed by atoms with Gasteiger partial charge < -0.3 is 9.84 Å². The standard InChI is InChI=1S/C11H7FN2O5S/c12-6-1-2-8(14(17)18)9(3-6)19-4-7-5-20-10(13-7)11(15)16/h1-3,5H,4H2,(H,15,16). The molecule has 2 aromatic rings. The number of thiazole rings is 1. The van der Waals surface area contributed by atoms with Gasteiger partial charge in [-0.15, -0.1) is 11.3 Å². The van der Waals surface area contributed by atoms with Crippen molar-refractivity contribution in [2.75, 3.05) is 0 Å². The van der Waals surface area contributed by atoms with Crippen LogP contribution in [0.25, 0.3) is 0 Å². The zero-order valence-electron chi connectivity index (χ0n) is 9.78. The van der Waals surface area contributed by atoms with Crippen LogP contribution < -0.4 is 4.74 Å². The van der Waals surface area contributed by atoms with E-state index in [0.717, 1.165) is 29.5 Å². The number of benzene rings is 1. The summed E-state index contributed by atoms with van der Waals surface area (Å²) in [5.41, 5.74) is -0.0777. The highest BCUT2D eigenvalue weighted by molar-refractivity contribution is 7.11. The summed E-state index contributed by atoms with van der Waals surface area (Å²) in [7, 11) is 0. The van der Waals surface area contributed by atoms with Crippen molar-refractivity contribution in [3.8, 4) is 5.75 Å². The van der Waals surface area contributed by atoms with Crippen molar-refractivity contribution >= 4 is 23.0 Å². The Hall–Kier alpha value is -2.55. The number of nitrogens with zero attached hydrogens (tertiary/aromatic N) is 2. The number of hydrogen-bond acceptors (Lipinski definition) is 6. The first kappa shape index (κ1) is 13.9. The van der Waals surface area contributed by atoms with E-state index in [9.17, 15) is 19.3 Å². The third kappa shape index (κ3) is 3.06. The van der Waals surface area contributed by atoms with Crippen LogP contribution in [-0.4, -0.2) is 21.0 Å². The molecule has 1 N–H and O–H groups in total. The first-order valence-corrected chi connectivity index (χ1v) is 6.10. The molecule has 0 aliphatic carbocycles. The summed E-state index contributed by atoms with van der Waals surface area (Å²) < 4.78 is 18.2. The monoisotopic (exact) mass is 298 g/mol. The van der Waals surface area contributed by atoms with Gasteiger partial charge >= 0.3 is 11.7 Å². The van der Waals surface area contributed by atoms with Crippen molar-refractivity contribution in [2.45, 2.75) is 6.61 Å². The second kappa shape index (κ2) is 5.61. The van der Waals surface area contributed by atoms with E-state index in [-0.39, 0.29) is 23.1 Å². The Morgan fingerprint density at radius 3 is 2.90 bits per heavy atom. The number of halogens is 1. The quantitative estimate of drug-likeness (QED) is 0.672. The van der Waals surface area contributed by atoms with Crippen molar-refractivity contribution in [3.63, 3.8) is 0 Å². The topological polar surface area (TPSA) is 103 Å². The van der Waals surface area contributed by atoms with Crippen LogP contribution in [0.4, 0.5) is 10.1 Å². The van der Waals surface area contributed by atoms with Crippen LogP contribution in [0, 0.1) is 15.9 Å². The summed E-state index contributed by atoms with van der Waals surface area (Å²) in [5.74, 6) is -2.08. The van der Waals surface area contributed by atoms with E-state index in [1.54, 1.807) is 0 Å². The second-order valence-corrected chi connectivity index (χ2v) is 4.47. The van der Waals surface area contributed by atoms with Gasteiger partial charge in [0.15, 0.2) is 5.75 Å². The van der Waals surface area contributed by atoms with Crippen LogP contribution in [0.2, 0.25) is 0 Å². The lowest BCUT2D eigenvalue weighted by atomic mass is 10.3. The largest absolute Gasteiger partial charge is 0.480 e. The Labute approximate surface area is 115 Å². The molecule has 0 fully saturated rings. The van der Waals surface area contributed by atoms with Gasteiger partial charge in [-0.3, -0.25) is 10.1 Å². The van der Waals surface area contributed by atoms with E-state index in [2.05, 4.69) is 4.98 Å². The van der Waals surface area contributed by atoms with E-state index >= 15 is 0 Å². The molecule has 0 amide bonds. The first-order valence-electron chi connectivity index (χ1n) is 5.22. The number of carboxylic acids is 1. The Bertz CT molecular complexity index is 673. The maximum absolute atomic E-state index is 13.1. The molecular weight excluding hydrogens is 291 g/mol. The van der Waals surface area contributed by atoms with E-state index in [4.69, 9.17) is 9.84 Å². The normalized spacial score (nSPS) is 10.2. The molecule has 0 atom stereocenters. The smallest absolute Gasteiger partial charge is 0.365 e. The van der Waals surface area contributed by atoms with E-state index < -0.39 is 16.7 Å². The van der Waals surface area contributed by atoms with Crippen LogP contribution in [-0.2, 0) is 6.61 Å². The molecule has 0 radical (unpaired) electrons. The summed E-state index contributed by atoms with van der Waals surface area (Å²) in [6, 6.07) is 2.84. The lowest BCUT2D eigenvalue weighted by molar-refractivity contribution is -0.386. The maximum atomic E-state index is 13.1. The minimum Gasteiger partial charge on any atom is -0.480 e. The molecule has 2 rings (SSSR count). The van der Waals surface area contributed by atoms with Crippen LogP contribution in [0.15, 0.2) is 23.6 Å². The number of aromatic nitrogens is 1. The molecule has 20 heavy (non-hydrogen) atoms. The number of hydrogen-bond donors (Lipinski definition) is 1. The summed E-state index contributed by atoms with van der Waals surface area (Å²) in [6.07, 6.45) is 0. The van der Waals surface area contributed by atoms with Gasteiger partial charge in [0.25, 0.3) is 0 Å². The van der Waals surface area contributed by atoms with Crippen LogP contribution >= 0.6 is 11.3 Å². The highest BCUT2D eigenvalue weighted by Gasteiger charge is 2.17. The maximum Gasteiger partial charge on any atom is 0.365 e. The zero-order chi connectivity index (χ0) is 14.7. The zero-order valence-corrected chi connectivity index (χ0v) is 10.6. The number of nitro benzene ring substituents is 1. The first-order chi connectivity index (χ1) is 9.47. The number of nitro groups is 1. The van der Waals surface area contributed by atoms with Gasteiger partial charge in [0.1, 0.15) is 12.4 Å². The Morgan fingerprint density at radius 1 is 1.55 bits per heavy atom. The Morgan fingerprint density at radius 2 is 2.30 bits per heavy atom. The van der Waals surface area contributed by atoms with Gasteiger partial charge in [-0.2, -0.15) is 0 Å². The Kier molecular flexibility index (Phi) is 3.89. The minimum absolute atomic E-state index is 0.114. The van der Waals surface area contributed by atoms with Crippen LogP contribution in [0.3, 0.4) is 0 Å². The molecule has 7 nitrogen and oxygen atoms in total. The second-order valence-electron chi connectivity index (χ2n) is 3.61. The van der Waals surface area contributed by atoms with Crippen molar-refractivity contribution in [1.82, 2.24) is 4.98 Å². The molecule has 0 bridgehead atoms. The lowest BCUT2D eigenvalue weighted by Crippen LogP contribution is -2.01.